The summed E-state index contributed by atoms with van der Waals surface area (Å²) in [5.41, 5.74) is 1.27. The first-order valence-corrected chi connectivity index (χ1v) is 11.2. The zero-order valence-electron chi connectivity index (χ0n) is 18.2. The third-order valence-electron chi connectivity index (χ3n) is 6.46. The summed E-state index contributed by atoms with van der Waals surface area (Å²) in [7, 11) is 1.99. The number of rotatable bonds is 5. The molecule has 2 heterocycles. The predicted octanol–water partition coefficient (Wildman–Crippen LogP) is 3.24. The fourth-order valence-corrected chi connectivity index (χ4v) is 4.56. The quantitative estimate of drug-likeness (QED) is 0.585. The summed E-state index contributed by atoms with van der Waals surface area (Å²) in [5, 5.41) is 15.6. The molecule has 1 aliphatic carbocycles. The molecular formula is C23H34N6O. The summed E-state index contributed by atoms with van der Waals surface area (Å²) in [5.74, 6) is 2.64. The molecule has 0 amide bonds. The van der Waals surface area contributed by atoms with E-state index in [4.69, 9.17) is 9.73 Å². The average molecular weight is 411 g/mol. The van der Waals surface area contributed by atoms with Crippen LogP contribution < -0.4 is 10.6 Å². The number of hydrogen-bond acceptors (Lipinski definition) is 4. The molecule has 30 heavy (non-hydrogen) atoms. The third-order valence-corrected chi connectivity index (χ3v) is 6.46. The van der Waals surface area contributed by atoms with Crippen LogP contribution in [0, 0.1) is 6.92 Å². The highest BCUT2D eigenvalue weighted by molar-refractivity contribution is 5.80. The standard InChI is InChI=1S/C23H34N6O/c1-18-27-28-21(29(18)2)17-25-22(24-16-19-9-5-3-6-10-19)26-20-11-14-30-23(15-20)12-7-4-8-13-23/h3,5-6,9-10,20H,4,7-8,11-17H2,1-2H3,(H2,24,25,26). The van der Waals surface area contributed by atoms with Gasteiger partial charge in [0, 0.05) is 19.7 Å². The monoisotopic (exact) mass is 410 g/mol. The largest absolute Gasteiger partial charge is 0.375 e. The molecule has 1 saturated carbocycles. The van der Waals surface area contributed by atoms with Crippen molar-refractivity contribution in [2.45, 2.75) is 76.6 Å². The van der Waals surface area contributed by atoms with Crippen molar-refractivity contribution < 1.29 is 4.74 Å². The molecular weight excluding hydrogens is 376 g/mol. The molecule has 1 saturated heterocycles. The maximum Gasteiger partial charge on any atom is 0.192 e. The van der Waals surface area contributed by atoms with Gasteiger partial charge in [-0.3, -0.25) is 0 Å². The van der Waals surface area contributed by atoms with E-state index in [0.717, 1.165) is 37.1 Å². The van der Waals surface area contributed by atoms with Crippen molar-refractivity contribution in [2.24, 2.45) is 12.0 Å². The summed E-state index contributed by atoms with van der Waals surface area (Å²) >= 11 is 0. The van der Waals surface area contributed by atoms with Crippen molar-refractivity contribution in [3.8, 4) is 0 Å². The molecule has 162 valence electrons. The van der Waals surface area contributed by atoms with Crippen LogP contribution in [0.1, 0.15) is 62.2 Å². The van der Waals surface area contributed by atoms with Gasteiger partial charge in [-0.1, -0.05) is 49.6 Å². The van der Waals surface area contributed by atoms with Crippen molar-refractivity contribution in [1.82, 2.24) is 25.4 Å². The summed E-state index contributed by atoms with van der Waals surface area (Å²) in [6.07, 6.45) is 8.35. The van der Waals surface area contributed by atoms with Crippen LogP contribution in [-0.2, 0) is 24.9 Å². The molecule has 4 rings (SSSR count). The Labute approximate surface area is 179 Å². The van der Waals surface area contributed by atoms with Crippen LogP contribution in [0.3, 0.4) is 0 Å². The topological polar surface area (TPSA) is 76.4 Å². The second kappa shape index (κ2) is 9.60. The number of aryl methyl sites for hydroxylation is 1. The van der Waals surface area contributed by atoms with E-state index in [1.807, 2.05) is 24.6 Å². The van der Waals surface area contributed by atoms with E-state index < -0.39 is 0 Å². The normalized spacial score (nSPS) is 21.5. The van der Waals surface area contributed by atoms with Crippen molar-refractivity contribution in [3.05, 3.63) is 47.5 Å². The average Bonchev–Trinajstić information content (AvgIpc) is 3.09. The molecule has 2 fully saturated rings. The summed E-state index contributed by atoms with van der Waals surface area (Å²) in [4.78, 5) is 4.87. The fourth-order valence-electron chi connectivity index (χ4n) is 4.56. The van der Waals surface area contributed by atoms with Crippen LogP contribution >= 0.6 is 0 Å². The second-order valence-electron chi connectivity index (χ2n) is 8.65. The zero-order valence-corrected chi connectivity index (χ0v) is 18.2. The van der Waals surface area contributed by atoms with Gasteiger partial charge in [0.05, 0.1) is 18.7 Å². The number of guanidine groups is 1. The van der Waals surface area contributed by atoms with Gasteiger partial charge in [-0.05, 0) is 38.2 Å². The molecule has 2 N–H and O–H groups in total. The number of benzene rings is 1. The van der Waals surface area contributed by atoms with Crippen molar-refractivity contribution in [1.29, 1.82) is 0 Å². The SMILES string of the molecule is Cc1nnc(CNC(=NCc2ccccc2)NC2CCOC3(CCCCC3)C2)n1C. The number of hydrogen-bond donors (Lipinski definition) is 2. The van der Waals surface area contributed by atoms with Crippen molar-refractivity contribution in [3.63, 3.8) is 0 Å². The minimum absolute atomic E-state index is 0.0689. The Kier molecular flexibility index (Phi) is 6.67. The number of ether oxygens (including phenoxy) is 1. The number of aromatic nitrogens is 3. The summed E-state index contributed by atoms with van der Waals surface area (Å²) in [6, 6.07) is 10.7. The Morgan fingerprint density at radius 2 is 2.00 bits per heavy atom. The van der Waals surface area contributed by atoms with E-state index in [1.165, 1.54) is 37.7 Å². The van der Waals surface area contributed by atoms with Crippen LogP contribution in [0.4, 0.5) is 0 Å². The molecule has 1 spiro atoms. The Bertz CT molecular complexity index is 835. The van der Waals surface area contributed by atoms with E-state index >= 15 is 0 Å². The molecule has 1 aromatic carbocycles. The van der Waals surface area contributed by atoms with Crippen molar-refractivity contribution >= 4 is 5.96 Å². The fraction of sp³-hybridized carbons (Fsp3) is 0.609. The lowest BCUT2D eigenvalue weighted by Gasteiger charge is -2.44. The van der Waals surface area contributed by atoms with Gasteiger partial charge in [0.1, 0.15) is 5.82 Å². The molecule has 0 radical (unpaired) electrons. The number of aliphatic imine (C=N–C) groups is 1. The summed E-state index contributed by atoms with van der Waals surface area (Å²) < 4.78 is 8.28. The first kappa shape index (κ1) is 20.8. The molecule has 2 aliphatic rings. The molecule has 1 aromatic heterocycles. The van der Waals surface area contributed by atoms with Crippen LogP contribution in [-0.4, -0.2) is 39.0 Å². The van der Waals surface area contributed by atoms with Gasteiger partial charge >= 0.3 is 0 Å². The van der Waals surface area contributed by atoms with Gasteiger partial charge in [0.15, 0.2) is 11.8 Å². The van der Waals surface area contributed by atoms with Gasteiger partial charge in [-0.2, -0.15) is 0 Å². The minimum atomic E-state index is 0.0689. The van der Waals surface area contributed by atoms with Crippen LogP contribution in [0.2, 0.25) is 0 Å². The van der Waals surface area contributed by atoms with Gasteiger partial charge in [0.2, 0.25) is 0 Å². The van der Waals surface area contributed by atoms with E-state index in [0.29, 0.717) is 19.1 Å². The Hall–Kier alpha value is -2.41. The van der Waals surface area contributed by atoms with E-state index in [2.05, 4.69) is 45.1 Å². The molecule has 2 aromatic rings. The molecule has 7 nitrogen and oxygen atoms in total. The lowest BCUT2D eigenvalue weighted by atomic mass is 9.78. The highest BCUT2D eigenvalue weighted by Gasteiger charge is 2.38. The van der Waals surface area contributed by atoms with E-state index in [1.54, 1.807) is 0 Å². The lowest BCUT2D eigenvalue weighted by Crippen LogP contribution is -2.52. The number of nitrogens with one attached hydrogen (secondary N) is 2. The first-order chi connectivity index (χ1) is 14.6. The maximum absolute atomic E-state index is 6.27. The summed E-state index contributed by atoms with van der Waals surface area (Å²) in [6.45, 7) is 4.02. The molecule has 1 unspecified atom stereocenters. The smallest absolute Gasteiger partial charge is 0.192 e. The van der Waals surface area contributed by atoms with Crippen LogP contribution in [0.15, 0.2) is 35.3 Å². The maximum atomic E-state index is 6.27. The predicted molar refractivity (Wildman–Crippen MR) is 118 cm³/mol. The lowest BCUT2D eigenvalue weighted by molar-refractivity contribution is -0.107. The first-order valence-electron chi connectivity index (χ1n) is 11.2. The minimum Gasteiger partial charge on any atom is -0.375 e. The third kappa shape index (κ3) is 5.19. The van der Waals surface area contributed by atoms with Crippen LogP contribution in [0.5, 0.6) is 0 Å². The van der Waals surface area contributed by atoms with Gasteiger partial charge < -0.3 is 19.9 Å². The Balaban J connectivity index is 1.44. The van der Waals surface area contributed by atoms with Gasteiger partial charge in [-0.15, -0.1) is 10.2 Å². The molecule has 7 heteroatoms. The molecule has 1 aliphatic heterocycles. The van der Waals surface area contributed by atoms with E-state index in [9.17, 15) is 0 Å². The van der Waals surface area contributed by atoms with Crippen molar-refractivity contribution in [2.75, 3.05) is 6.61 Å². The Morgan fingerprint density at radius 3 is 2.73 bits per heavy atom. The second-order valence-corrected chi connectivity index (χ2v) is 8.65. The Morgan fingerprint density at radius 1 is 1.20 bits per heavy atom. The molecule has 0 bridgehead atoms. The highest BCUT2D eigenvalue weighted by atomic mass is 16.5. The van der Waals surface area contributed by atoms with Gasteiger partial charge in [-0.25, -0.2) is 4.99 Å². The highest BCUT2D eigenvalue weighted by Crippen LogP contribution is 2.38. The zero-order chi connectivity index (χ0) is 20.8. The number of nitrogens with zero attached hydrogens (tertiary/aromatic N) is 4. The van der Waals surface area contributed by atoms with Crippen LogP contribution in [0.25, 0.3) is 0 Å². The molecule has 1 atom stereocenters. The van der Waals surface area contributed by atoms with Gasteiger partial charge in [0.25, 0.3) is 0 Å². The van der Waals surface area contributed by atoms with E-state index in [-0.39, 0.29) is 5.60 Å².